The summed E-state index contributed by atoms with van der Waals surface area (Å²) in [5.74, 6) is 1.79. The van der Waals surface area contributed by atoms with E-state index < -0.39 is 0 Å². The van der Waals surface area contributed by atoms with Gasteiger partial charge in [0.25, 0.3) is 0 Å². The summed E-state index contributed by atoms with van der Waals surface area (Å²) in [5, 5.41) is 6.37. The van der Waals surface area contributed by atoms with Crippen molar-refractivity contribution in [3.63, 3.8) is 0 Å². The van der Waals surface area contributed by atoms with Crippen molar-refractivity contribution in [2.45, 2.75) is 65.8 Å². The van der Waals surface area contributed by atoms with Gasteiger partial charge in [-0.05, 0) is 44.9 Å². The molecule has 19 heavy (non-hydrogen) atoms. The average molecular weight is 268 g/mol. The molecule has 2 unspecified atom stereocenters. The Morgan fingerprint density at radius 1 is 1.32 bits per heavy atom. The van der Waals surface area contributed by atoms with Crippen LogP contribution in [-0.4, -0.2) is 25.5 Å². The highest BCUT2D eigenvalue weighted by Crippen LogP contribution is 2.29. The highest BCUT2D eigenvalue weighted by molar-refractivity contribution is 5.81. The number of hydrogen-bond donors (Lipinski definition) is 2. The van der Waals surface area contributed by atoms with Crippen molar-refractivity contribution < 1.29 is 4.79 Å². The highest BCUT2D eigenvalue weighted by atomic mass is 16.2. The fourth-order valence-electron chi connectivity index (χ4n) is 3.18. The molecule has 1 aliphatic rings. The minimum atomic E-state index is -0.320. The Kier molecular flexibility index (Phi) is 6.31. The Hall–Kier alpha value is -0.570. The summed E-state index contributed by atoms with van der Waals surface area (Å²) in [6, 6.07) is 0.599. The van der Waals surface area contributed by atoms with Gasteiger partial charge < -0.3 is 10.6 Å². The second-order valence-corrected chi connectivity index (χ2v) is 7.20. The van der Waals surface area contributed by atoms with Crippen LogP contribution in [0.3, 0.4) is 0 Å². The smallest absolute Gasteiger partial charge is 0.226 e. The largest absolute Gasteiger partial charge is 0.359 e. The second-order valence-electron chi connectivity index (χ2n) is 7.20. The minimum Gasteiger partial charge on any atom is -0.359 e. The highest BCUT2D eigenvalue weighted by Gasteiger charge is 2.29. The van der Waals surface area contributed by atoms with E-state index >= 15 is 0 Å². The Morgan fingerprint density at radius 2 is 2.00 bits per heavy atom. The predicted octanol–water partition coefficient (Wildman–Crippen LogP) is 2.95. The van der Waals surface area contributed by atoms with Crippen LogP contribution in [-0.2, 0) is 4.79 Å². The maximum Gasteiger partial charge on any atom is 0.226 e. The van der Waals surface area contributed by atoms with Gasteiger partial charge in [-0.2, -0.15) is 0 Å². The van der Waals surface area contributed by atoms with E-state index in [1.54, 1.807) is 7.05 Å². The van der Waals surface area contributed by atoms with Crippen molar-refractivity contribution in [2.24, 2.45) is 17.3 Å². The number of carbonyl (C=O) groups is 1. The topological polar surface area (TPSA) is 41.1 Å². The first-order valence-corrected chi connectivity index (χ1v) is 7.80. The first-order valence-electron chi connectivity index (χ1n) is 7.80. The van der Waals surface area contributed by atoms with Crippen molar-refractivity contribution in [3.8, 4) is 0 Å². The van der Waals surface area contributed by atoms with E-state index in [9.17, 15) is 4.79 Å². The molecular weight excluding hydrogens is 236 g/mol. The van der Waals surface area contributed by atoms with E-state index in [1.165, 1.54) is 32.1 Å². The predicted molar refractivity (Wildman–Crippen MR) is 81.1 cm³/mol. The van der Waals surface area contributed by atoms with Crippen LogP contribution >= 0.6 is 0 Å². The quantitative estimate of drug-likeness (QED) is 0.777. The van der Waals surface area contributed by atoms with Gasteiger partial charge in [0.1, 0.15) is 0 Å². The number of rotatable bonds is 6. The van der Waals surface area contributed by atoms with E-state index in [1.807, 2.05) is 13.8 Å². The summed E-state index contributed by atoms with van der Waals surface area (Å²) in [6.45, 7) is 9.41. The van der Waals surface area contributed by atoms with Crippen LogP contribution < -0.4 is 10.6 Å². The van der Waals surface area contributed by atoms with Crippen LogP contribution in [0.15, 0.2) is 0 Å². The van der Waals surface area contributed by atoms with Crippen LogP contribution in [0.1, 0.15) is 59.8 Å². The van der Waals surface area contributed by atoms with Gasteiger partial charge in [0.15, 0.2) is 0 Å². The molecule has 0 aromatic heterocycles. The molecule has 0 aliphatic heterocycles. The maximum atomic E-state index is 11.8. The SMILES string of the molecule is CNC(=O)C(C)(C)CNC1CCCC(CC(C)C)C1. The molecule has 1 saturated carbocycles. The Labute approximate surface area is 118 Å². The van der Waals surface area contributed by atoms with Crippen molar-refractivity contribution in [3.05, 3.63) is 0 Å². The standard InChI is InChI=1S/C16H32N2O/c1-12(2)9-13-7-6-8-14(10-13)18-11-16(3,4)15(19)17-5/h12-14,18H,6-11H2,1-5H3,(H,17,19). The molecule has 3 heteroatoms. The lowest BCUT2D eigenvalue weighted by Gasteiger charge is -2.33. The van der Waals surface area contributed by atoms with Gasteiger partial charge in [-0.25, -0.2) is 0 Å². The molecular formula is C16H32N2O. The molecule has 1 fully saturated rings. The third kappa shape index (κ3) is 5.52. The van der Waals surface area contributed by atoms with Gasteiger partial charge in [0, 0.05) is 19.6 Å². The second kappa shape index (κ2) is 7.28. The van der Waals surface area contributed by atoms with Gasteiger partial charge in [-0.3, -0.25) is 4.79 Å². The fraction of sp³-hybridized carbons (Fsp3) is 0.938. The minimum absolute atomic E-state index is 0.120. The number of hydrogen-bond acceptors (Lipinski definition) is 2. The molecule has 0 aromatic carbocycles. The summed E-state index contributed by atoms with van der Waals surface area (Å²) < 4.78 is 0. The van der Waals surface area contributed by atoms with Gasteiger partial charge >= 0.3 is 0 Å². The summed E-state index contributed by atoms with van der Waals surface area (Å²) in [7, 11) is 1.71. The average Bonchev–Trinajstić information content (AvgIpc) is 2.35. The molecule has 0 heterocycles. The van der Waals surface area contributed by atoms with E-state index in [0.29, 0.717) is 6.04 Å². The molecule has 3 nitrogen and oxygen atoms in total. The van der Waals surface area contributed by atoms with Crippen molar-refractivity contribution >= 4 is 5.91 Å². The number of amides is 1. The molecule has 0 radical (unpaired) electrons. The van der Waals surface area contributed by atoms with Crippen LogP contribution in [0.25, 0.3) is 0 Å². The number of nitrogens with one attached hydrogen (secondary N) is 2. The summed E-state index contributed by atoms with van der Waals surface area (Å²) >= 11 is 0. The third-order valence-electron chi connectivity index (χ3n) is 4.26. The van der Waals surface area contributed by atoms with Crippen molar-refractivity contribution in [2.75, 3.05) is 13.6 Å². The summed E-state index contributed by atoms with van der Waals surface area (Å²) in [4.78, 5) is 11.8. The lowest BCUT2D eigenvalue weighted by molar-refractivity contribution is -0.128. The molecule has 1 aliphatic carbocycles. The van der Waals surface area contributed by atoms with Crippen LogP contribution in [0.5, 0.6) is 0 Å². The molecule has 2 atom stereocenters. The first-order chi connectivity index (χ1) is 8.85. The zero-order valence-electron chi connectivity index (χ0n) is 13.4. The zero-order chi connectivity index (χ0) is 14.5. The molecule has 0 spiro atoms. The van der Waals surface area contributed by atoms with Crippen molar-refractivity contribution in [1.82, 2.24) is 10.6 Å². The van der Waals surface area contributed by atoms with Crippen molar-refractivity contribution in [1.29, 1.82) is 0 Å². The molecule has 1 rings (SSSR count). The Bertz CT molecular complexity index is 286. The molecule has 0 bridgehead atoms. The van der Waals surface area contributed by atoms with Gasteiger partial charge in [0.2, 0.25) is 5.91 Å². The Balaban J connectivity index is 2.38. The molecule has 112 valence electrons. The first kappa shape index (κ1) is 16.5. The lowest BCUT2D eigenvalue weighted by atomic mass is 9.80. The summed E-state index contributed by atoms with van der Waals surface area (Å²) in [6.07, 6.45) is 6.60. The fourth-order valence-corrected chi connectivity index (χ4v) is 3.18. The summed E-state index contributed by atoms with van der Waals surface area (Å²) in [5.41, 5.74) is -0.320. The monoisotopic (exact) mass is 268 g/mol. The van der Waals surface area contributed by atoms with E-state index in [0.717, 1.165) is 18.4 Å². The molecule has 2 N–H and O–H groups in total. The third-order valence-corrected chi connectivity index (χ3v) is 4.26. The van der Waals surface area contributed by atoms with Gasteiger partial charge in [0.05, 0.1) is 5.41 Å². The van der Waals surface area contributed by atoms with E-state index in [-0.39, 0.29) is 11.3 Å². The van der Waals surface area contributed by atoms with Crippen LogP contribution in [0.4, 0.5) is 0 Å². The molecule has 0 saturated heterocycles. The van der Waals surface area contributed by atoms with E-state index in [2.05, 4.69) is 24.5 Å². The maximum absolute atomic E-state index is 11.8. The normalized spacial score (nSPS) is 24.5. The molecule has 1 amide bonds. The van der Waals surface area contributed by atoms with Gasteiger partial charge in [-0.15, -0.1) is 0 Å². The number of carbonyl (C=O) groups excluding carboxylic acids is 1. The van der Waals surface area contributed by atoms with Crippen LogP contribution in [0, 0.1) is 17.3 Å². The van der Waals surface area contributed by atoms with Gasteiger partial charge in [-0.1, -0.05) is 26.7 Å². The molecule has 0 aromatic rings. The lowest BCUT2D eigenvalue weighted by Crippen LogP contribution is -2.46. The Morgan fingerprint density at radius 3 is 2.58 bits per heavy atom. The zero-order valence-corrected chi connectivity index (χ0v) is 13.4. The van der Waals surface area contributed by atoms with Crippen LogP contribution in [0.2, 0.25) is 0 Å². The van der Waals surface area contributed by atoms with E-state index in [4.69, 9.17) is 0 Å².